The van der Waals surface area contributed by atoms with E-state index in [0.717, 1.165) is 0 Å². The quantitative estimate of drug-likeness (QED) is 0.781. The highest BCUT2D eigenvalue weighted by Gasteiger charge is 2.37. The van der Waals surface area contributed by atoms with Crippen molar-refractivity contribution in [1.29, 1.82) is 0 Å². The molecule has 0 amide bonds. The number of sulfone groups is 1. The largest absolute Gasteiger partial charge is 0.481 e. The summed E-state index contributed by atoms with van der Waals surface area (Å²) >= 11 is 0. The molecule has 1 aliphatic rings. The van der Waals surface area contributed by atoms with E-state index in [1.807, 2.05) is 0 Å². The minimum atomic E-state index is -3.19. The molecule has 112 valence electrons. The molecule has 1 saturated heterocycles. The van der Waals surface area contributed by atoms with Crippen LogP contribution < -0.4 is 0 Å². The van der Waals surface area contributed by atoms with E-state index in [1.54, 1.807) is 32.7 Å². The highest BCUT2D eigenvalue weighted by molar-refractivity contribution is 7.92. The zero-order valence-electron chi connectivity index (χ0n) is 11.9. The van der Waals surface area contributed by atoms with Crippen LogP contribution in [0.5, 0.6) is 0 Å². The van der Waals surface area contributed by atoms with E-state index in [0.29, 0.717) is 13.2 Å². The lowest BCUT2D eigenvalue weighted by Gasteiger charge is -2.27. The summed E-state index contributed by atoms with van der Waals surface area (Å²) in [5, 5.41) is 9.06. The van der Waals surface area contributed by atoms with E-state index in [4.69, 9.17) is 9.84 Å². The Hall–Kier alpha value is -0.660. The van der Waals surface area contributed by atoms with Crippen LogP contribution in [-0.4, -0.2) is 67.7 Å². The average Bonchev–Trinajstić information content (AvgIpc) is 2.73. The molecule has 6 nitrogen and oxygen atoms in total. The van der Waals surface area contributed by atoms with E-state index in [9.17, 15) is 13.2 Å². The lowest BCUT2D eigenvalue weighted by atomic mass is 10.0. The Balaban J connectivity index is 2.61. The van der Waals surface area contributed by atoms with Gasteiger partial charge >= 0.3 is 5.97 Å². The number of aliphatic carboxylic acids is 1. The molecule has 0 saturated carbocycles. The molecule has 0 spiro atoms. The van der Waals surface area contributed by atoms with Crippen LogP contribution in [0.15, 0.2) is 0 Å². The van der Waals surface area contributed by atoms with Gasteiger partial charge in [-0.15, -0.1) is 0 Å². The summed E-state index contributed by atoms with van der Waals surface area (Å²) in [5.74, 6) is -1.45. The van der Waals surface area contributed by atoms with Gasteiger partial charge in [0.1, 0.15) is 0 Å². The molecule has 0 radical (unpaired) electrons. The van der Waals surface area contributed by atoms with Crippen molar-refractivity contribution >= 4 is 15.8 Å². The first-order valence-electron chi connectivity index (χ1n) is 6.29. The molecule has 19 heavy (non-hydrogen) atoms. The molecular weight excluding hydrogens is 270 g/mol. The summed E-state index contributed by atoms with van der Waals surface area (Å²) < 4.78 is 28.4. The molecule has 7 heteroatoms. The summed E-state index contributed by atoms with van der Waals surface area (Å²) in [5.41, 5.74) is 0. The van der Waals surface area contributed by atoms with Gasteiger partial charge in [0.15, 0.2) is 9.84 Å². The molecule has 0 aromatic rings. The predicted molar refractivity (Wildman–Crippen MR) is 71.9 cm³/mol. The maximum Gasteiger partial charge on any atom is 0.310 e. The van der Waals surface area contributed by atoms with Gasteiger partial charge in [-0.3, -0.25) is 9.69 Å². The van der Waals surface area contributed by atoms with Crippen LogP contribution in [0.25, 0.3) is 0 Å². The van der Waals surface area contributed by atoms with Crippen LogP contribution in [0.3, 0.4) is 0 Å². The zero-order valence-corrected chi connectivity index (χ0v) is 12.7. The highest BCUT2D eigenvalue weighted by atomic mass is 32.2. The van der Waals surface area contributed by atoms with Crippen LogP contribution >= 0.6 is 0 Å². The number of ether oxygens (including phenoxy) is 1. The summed E-state index contributed by atoms with van der Waals surface area (Å²) in [6.45, 7) is 5.85. The minimum absolute atomic E-state index is 0.0236. The van der Waals surface area contributed by atoms with Crippen LogP contribution in [0.4, 0.5) is 0 Å². The molecule has 2 unspecified atom stereocenters. The first kappa shape index (κ1) is 16.4. The Bertz CT molecular complexity index is 426. The monoisotopic (exact) mass is 293 g/mol. The number of carboxylic acid groups (broad SMARTS) is 1. The van der Waals surface area contributed by atoms with Crippen molar-refractivity contribution in [2.75, 3.05) is 32.6 Å². The van der Waals surface area contributed by atoms with Crippen molar-refractivity contribution < 1.29 is 23.1 Å². The van der Waals surface area contributed by atoms with Gasteiger partial charge < -0.3 is 9.84 Å². The molecule has 1 heterocycles. The summed E-state index contributed by atoms with van der Waals surface area (Å²) in [4.78, 5) is 12.8. The lowest BCUT2D eigenvalue weighted by Crippen LogP contribution is -2.44. The first-order chi connectivity index (χ1) is 8.56. The minimum Gasteiger partial charge on any atom is -0.481 e. The van der Waals surface area contributed by atoms with Crippen LogP contribution in [0, 0.1) is 5.92 Å². The van der Waals surface area contributed by atoms with E-state index < -0.39 is 26.5 Å². The fraction of sp³-hybridized carbons (Fsp3) is 0.917. The van der Waals surface area contributed by atoms with Gasteiger partial charge in [0.2, 0.25) is 0 Å². The summed E-state index contributed by atoms with van der Waals surface area (Å²) in [6.07, 6.45) is 0. The highest BCUT2D eigenvalue weighted by Crippen LogP contribution is 2.20. The molecule has 1 fully saturated rings. The topological polar surface area (TPSA) is 83.9 Å². The van der Waals surface area contributed by atoms with Gasteiger partial charge in [0.05, 0.1) is 29.6 Å². The van der Waals surface area contributed by atoms with E-state index in [-0.39, 0.29) is 18.4 Å². The average molecular weight is 293 g/mol. The number of nitrogens with zero attached hydrogens (tertiary/aromatic N) is 1. The third-order valence-electron chi connectivity index (χ3n) is 3.58. The molecular formula is C12H23NO5S. The zero-order chi connectivity index (χ0) is 14.8. The Morgan fingerprint density at radius 2 is 1.95 bits per heavy atom. The second-order valence-electron chi connectivity index (χ2n) is 5.96. The maximum atomic E-state index is 12.0. The van der Waals surface area contributed by atoms with E-state index in [1.165, 1.54) is 0 Å². The Morgan fingerprint density at radius 3 is 2.42 bits per heavy atom. The third-order valence-corrected chi connectivity index (χ3v) is 6.17. The van der Waals surface area contributed by atoms with Crippen LogP contribution in [-0.2, 0) is 19.4 Å². The van der Waals surface area contributed by atoms with Crippen LogP contribution in [0.1, 0.15) is 20.8 Å². The lowest BCUT2D eigenvalue weighted by molar-refractivity contribution is -0.143. The number of rotatable bonds is 5. The molecule has 1 N–H and O–H groups in total. The van der Waals surface area contributed by atoms with Gasteiger partial charge in [-0.1, -0.05) is 0 Å². The fourth-order valence-corrected chi connectivity index (χ4v) is 3.09. The maximum absolute atomic E-state index is 12.0. The molecule has 0 aliphatic carbocycles. The number of hydrogen-bond donors (Lipinski definition) is 1. The van der Waals surface area contributed by atoms with Gasteiger partial charge in [0.25, 0.3) is 0 Å². The van der Waals surface area contributed by atoms with Gasteiger partial charge in [-0.25, -0.2) is 8.42 Å². The second kappa shape index (κ2) is 5.76. The van der Waals surface area contributed by atoms with E-state index in [2.05, 4.69) is 0 Å². The predicted octanol–water partition coefficient (Wildman–Crippen LogP) is 0.231. The Labute approximate surface area is 114 Å². The van der Waals surface area contributed by atoms with Gasteiger partial charge in [0, 0.05) is 12.6 Å². The smallest absolute Gasteiger partial charge is 0.310 e. The van der Waals surface area contributed by atoms with Crippen molar-refractivity contribution in [3.05, 3.63) is 0 Å². The molecule has 0 aromatic carbocycles. The molecule has 1 rings (SSSR count). The third kappa shape index (κ3) is 3.90. The van der Waals surface area contributed by atoms with Gasteiger partial charge in [-0.05, 0) is 27.8 Å². The standard InChI is InChI=1S/C12H23NO5S/c1-12(2,3)19(16,17)6-5-13(4)10-8-18-7-9(10)11(14)15/h9-10H,5-8H2,1-4H3,(H,14,15). The number of hydrogen-bond acceptors (Lipinski definition) is 5. The number of carbonyl (C=O) groups is 1. The molecule has 1 aliphatic heterocycles. The Morgan fingerprint density at radius 1 is 1.37 bits per heavy atom. The fourth-order valence-electron chi connectivity index (χ4n) is 1.95. The van der Waals surface area contributed by atoms with E-state index >= 15 is 0 Å². The number of carboxylic acids is 1. The Kier molecular flexibility index (Phi) is 4.97. The second-order valence-corrected chi connectivity index (χ2v) is 8.82. The number of likely N-dealkylation sites (N-methyl/N-ethyl adjacent to an activating group) is 1. The summed E-state index contributed by atoms with van der Waals surface area (Å²) in [6, 6.07) is -0.257. The SMILES string of the molecule is CN(CCS(=O)(=O)C(C)(C)C)C1COCC1C(=O)O. The first-order valence-corrected chi connectivity index (χ1v) is 7.94. The van der Waals surface area contributed by atoms with Crippen molar-refractivity contribution in [2.45, 2.75) is 31.6 Å². The van der Waals surface area contributed by atoms with Crippen molar-refractivity contribution in [3.8, 4) is 0 Å². The van der Waals surface area contributed by atoms with Gasteiger partial charge in [-0.2, -0.15) is 0 Å². The molecule has 0 bridgehead atoms. The van der Waals surface area contributed by atoms with Crippen molar-refractivity contribution in [2.24, 2.45) is 5.92 Å². The normalized spacial score (nSPS) is 24.9. The molecule has 0 aromatic heterocycles. The van der Waals surface area contributed by atoms with Crippen molar-refractivity contribution in [3.63, 3.8) is 0 Å². The summed E-state index contributed by atoms with van der Waals surface area (Å²) in [7, 11) is -1.45. The van der Waals surface area contributed by atoms with Crippen molar-refractivity contribution in [1.82, 2.24) is 4.90 Å². The van der Waals surface area contributed by atoms with Crippen LogP contribution in [0.2, 0.25) is 0 Å². The molecule has 2 atom stereocenters.